The first-order valence-corrected chi connectivity index (χ1v) is 7.62. The zero-order valence-corrected chi connectivity index (χ0v) is 11.8. The number of aromatic nitrogens is 2. The number of carboxylic acid groups (broad SMARTS) is 1. The number of nitrogens with zero attached hydrogens (tertiary/aromatic N) is 2. The SMILES string of the molecule is O=C(O)C1C2CCCC2CN1Cc1c[nH]c2ncccc12. The van der Waals surface area contributed by atoms with Crippen molar-refractivity contribution >= 4 is 17.0 Å². The lowest BCUT2D eigenvalue weighted by atomic mass is 9.94. The molecule has 3 heterocycles. The fourth-order valence-corrected chi connectivity index (χ4v) is 4.26. The van der Waals surface area contributed by atoms with Gasteiger partial charge >= 0.3 is 5.97 Å². The van der Waals surface area contributed by atoms with E-state index < -0.39 is 5.97 Å². The van der Waals surface area contributed by atoms with Crippen molar-refractivity contribution in [2.24, 2.45) is 11.8 Å². The number of carboxylic acids is 1. The van der Waals surface area contributed by atoms with Crippen LogP contribution in [0.4, 0.5) is 0 Å². The number of H-pyrrole nitrogens is 1. The van der Waals surface area contributed by atoms with E-state index in [4.69, 9.17) is 0 Å². The molecule has 0 aromatic carbocycles. The Bertz CT molecular complexity index is 681. The van der Waals surface area contributed by atoms with E-state index in [0.717, 1.165) is 29.6 Å². The van der Waals surface area contributed by atoms with Crippen molar-refractivity contribution in [3.8, 4) is 0 Å². The number of hydrogen-bond acceptors (Lipinski definition) is 3. The predicted molar refractivity (Wildman–Crippen MR) is 78.8 cm³/mol. The Kier molecular flexibility index (Phi) is 2.96. The van der Waals surface area contributed by atoms with E-state index in [0.29, 0.717) is 18.4 Å². The van der Waals surface area contributed by atoms with E-state index in [1.54, 1.807) is 6.20 Å². The van der Waals surface area contributed by atoms with Crippen molar-refractivity contribution in [2.45, 2.75) is 31.8 Å². The number of rotatable bonds is 3. The van der Waals surface area contributed by atoms with Gasteiger partial charge in [0.15, 0.2) is 0 Å². The average molecular weight is 285 g/mol. The fourth-order valence-electron chi connectivity index (χ4n) is 4.26. The maximum Gasteiger partial charge on any atom is 0.321 e. The molecule has 1 aliphatic carbocycles. The number of aliphatic carboxylic acids is 1. The first-order chi connectivity index (χ1) is 10.2. The van der Waals surface area contributed by atoms with Crippen molar-refractivity contribution in [3.63, 3.8) is 0 Å². The third-order valence-electron chi connectivity index (χ3n) is 5.15. The molecule has 1 saturated carbocycles. The second-order valence-corrected chi connectivity index (χ2v) is 6.28. The molecule has 2 aromatic heterocycles. The van der Waals surface area contributed by atoms with E-state index in [9.17, 15) is 9.90 Å². The number of aromatic amines is 1. The summed E-state index contributed by atoms with van der Waals surface area (Å²) < 4.78 is 0. The van der Waals surface area contributed by atoms with Crippen molar-refractivity contribution in [1.82, 2.24) is 14.9 Å². The van der Waals surface area contributed by atoms with Gasteiger partial charge in [-0.05, 0) is 42.4 Å². The van der Waals surface area contributed by atoms with Gasteiger partial charge in [-0.15, -0.1) is 0 Å². The molecule has 5 nitrogen and oxygen atoms in total. The number of nitrogens with one attached hydrogen (secondary N) is 1. The van der Waals surface area contributed by atoms with Gasteiger partial charge in [-0.25, -0.2) is 4.98 Å². The summed E-state index contributed by atoms with van der Waals surface area (Å²) in [4.78, 5) is 21.3. The lowest BCUT2D eigenvalue weighted by Gasteiger charge is -2.23. The number of carbonyl (C=O) groups is 1. The molecule has 0 bridgehead atoms. The lowest BCUT2D eigenvalue weighted by molar-refractivity contribution is -0.143. The molecule has 0 amide bonds. The molecular formula is C16H19N3O2. The second-order valence-electron chi connectivity index (χ2n) is 6.28. The summed E-state index contributed by atoms with van der Waals surface area (Å²) in [7, 11) is 0. The van der Waals surface area contributed by atoms with Crippen LogP contribution in [0.1, 0.15) is 24.8 Å². The summed E-state index contributed by atoms with van der Waals surface area (Å²) >= 11 is 0. The minimum Gasteiger partial charge on any atom is -0.480 e. The molecule has 1 aliphatic heterocycles. The van der Waals surface area contributed by atoms with Gasteiger partial charge in [-0.2, -0.15) is 0 Å². The lowest BCUT2D eigenvalue weighted by Crippen LogP contribution is -2.39. The van der Waals surface area contributed by atoms with Crippen LogP contribution in [0.25, 0.3) is 11.0 Å². The molecule has 0 spiro atoms. The maximum atomic E-state index is 11.7. The quantitative estimate of drug-likeness (QED) is 0.907. The van der Waals surface area contributed by atoms with Crippen LogP contribution >= 0.6 is 0 Å². The van der Waals surface area contributed by atoms with Gasteiger partial charge in [0.2, 0.25) is 0 Å². The van der Waals surface area contributed by atoms with Gasteiger partial charge in [-0.3, -0.25) is 9.69 Å². The third kappa shape index (κ3) is 2.03. The van der Waals surface area contributed by atoms with E-state index in [1.807, 2.05) is 18.3 Å². The van der Waals surface area contributed by atoms with E-state index in [-0.39, 0.29) is 6.04 Å². The molecule has 4 rings (SSSR count). The molecule has 3 atom stereocenters. The Morgan fingerprint density at radius 1 is 1.48 bits per heavy atom. The van der Waals surface area contributed by atoms with Gasteiger partial charge in [-0.1, -0.05) is 6.42 Å². The van der Waals surface area contributed by atoms with Crippen molar-refractivity contribution in [3.05, 3.63) is 30.1 Å². The summed E-state index contributed by atoms with van der Waals surface area (Å²) in [5.41, 5.74) is 2.02. The highest BCUT2D eigenvalue weighted by Crippen LogP contribution is 2.43. The maximum absolute atomic E-state index is 11.7. The van der Waals surface area contributed by atoms with Crippen LogP contribution in [0.2, 0.25) is 0 Å². The third-order valence-corrected chi connectivity index (χ3v) is 5.15. The Labute approximate surface area is 123 Å². The molecule has 2 N–H and O–H groups in total. The summed E-state index contributed by atoms with van der Waals surface area (Å²) in [6, 6.07) is 3.65. The van der Waals surface area contributed by atoms with Gasteiger partial charge < -0.3 is 10.1 Å². The molecule has 1 saturated heterocycles. The van der Waals surface area contributed by atoms with Gasteiger partial charge in [0.25, 0.3) is 0 Å². The number of fused-ring (bicyclic) bond motifs is 2. The fraction of sp³-hybridized carbons (Fsp3) is 0.500. The molecule has 2 aliphatic rings. The van der Waals surface area contributed by atoms with Gasteiger partial charge in [0, 0.05) is 30.9 Å². The molecule has 3 unspecified atom stereocenters. The highest BCUT2D eigenvalue weighted by Gasteiger charge is 2.47. The van der Waals surface area contributed by atoms with Crippen molar-refractivity contribution in [2.75, 3.05) is 6.54 Å². The molecule has 21 heavy (non-hydrogen) atoms. The van der Waals surface area contributed by atoms with Crippen LogP contribution < -0.4 is 0 Å². The summed E-state index contributed by atoms with van der Waals surface area (Å²) in [5.74, 6) is 0.239. The zero-order chi connectivity index (χ0) is 14.4. The van der Waals surface area contributed by atoms with Crippen LogP contribution in [-0.2, 0) is 11.3 Å². The van der Waals surface area contributed by atoms with E-state index in [1.165, 1.54) is 12.8 Å². The molecule has 0 radical (unpaired) electrons. The highest BCUT2D eigenvalue weighted by atomic mass is 16.4. The Balaban J connectivity index is 1.63. The minimum atomic E-state index is -0.664. The number of likely N-dealkylation sites (tertiary alicyclic amines) is 1. The monoisotopic (exact) mass is 285 g/mol. The largest absolute Gasteiger partial charge is 0.480 e. The second kappa shape index (κ2) is 4.84. The zero-order valence-electron chi connectivity index (χ0n) is 11.8. The highest BCUT2D eigenvalue weighted by molar-refractivity contribution is 5.79. The predicted octanol–water partition coefficient (Wildman–Crippen LogP) is 2.25. The summed E-state index contributed by atoms with van der Waals surface area (Å²) in [6.45, 7) is 1.60. The topological polar surface area (TPSA) is 69.2 Å². The van der Waals surface area contributed by atoms with Crippen molar-refractivity contribution in [1.29, 1.82) is 0 Å². The standard InChI is InChI=1S/C16H19N3O2/c20-16(21)14-12-4-1-3-10(12)8-19(14)9-11-7-18-15-13(11)5-2-6-17-15/h2,5-7,10,12,14H,1,3-4,8-9H2,(H,17,18)(H,20,21). The number of pyridine rings is 1. The Morgan fingerprint density at radius 2 is 2.38 bits per heavy atom. The average Bonchev–Trinajstić information content (AvgIpc) is 3.13. The molecule has 2 aromatic rings. The Morgan fingerprint density at radius 3 is 3.24 bits per heavy atom. The summed E-state index contributed by atoms with van der Waals surface area (Å²) in [5, 5.41) is 10.7. The van der Waals surface area contributed by atoms with E-state index >= 15 is 0 Å². The van der Waals surface area contributed by atoms with E-state index in [2.05, 4.69) is 14.9 Å². The van der Waals surface area contributed by atoms with Crippen LogP contribution in [0.3, 0.4) is 0 Å². The van der Waals surface area contributed by atoms with Crippen LogP contribution in [-0.4, -0.2) is 38.5 Å². The Hall–Kier alpha value is -1.88. The molecule has 2 fully saturated rings. The normalized spacial score (nSPS) is 29.0. The first kappa shape index (κ1) is 12.8. The van der Waals surface area contributed by atoms with Crippen LogP contribution in [0.5, 0.6) is 0 Å². The first-order valence-electron chi connectivity index (χ1n) is 7.62. The summed E-state index contributed by atoms with van der Waals surface area (Å²) in [6.07, 6.45) is 7.16. The molecule has 5 heteroatoms. The molecular weight excluding hydrogens is 266 g/mol. The number of hydrogen-bond donors (Lipinski definition) is 2. The molecule has 110 valence electrons. The smallest absolute Gasteiger partial charge is 0.321 e. The van der Waals surface area contributed by atoms with Crippen molar-refractivity contribution < 1.29 is 9.90 Å². The van der Waals surface area contributed by atoms with Gasteiger partial charge in [0.05, 0.1) is 0 Å². The van der Waals surface area contributed by atoms with Gasteiger partial charge in [0.1, 0.15) is 11.7 Å². The van der Waals surface area contributed by atoms with Crippen LogP contribution in [0.15, 0.2) is 24.5 Å². The van der Waals surface area contributed by atoms with Crippen LogP contribution in [0, 0.1) is 11.8 Å². The minimum absolute atomic E-state index is 0.320.